The van der Waals surface area contributed by atoms with Crippen LogP contribution in [0.25, 0.3) is 10.8 Å². The minimum Gasteiger partial charge on any atom is -0.423 e. The van der Waals surface area contributed by atoms with Gasteiger partial charge < -0.3 is 4.74 Å². The highest BCUT2D eigenvalue weighted by molar-refractivity contribution is 5.92. The molecule has 0 aliphatic heterocycles. The molecule has 0 radical (unpaired) electrons. The van der Waals surface area contributed by atoms with Crippen LogP contribution in [0.3, 0.4) is 0 Å². The monoisotopic (exact) mass is 426 g/mol. The first-order chi connectivity index (χ1) is 14.9. The van der Waals surface area contributed by atoms with Gasteiger partial charge in [-0.3, -0.25) is 0 Å². The molecule has 0 N–H and O–H groups in total. The van der Waals surface area contributed by atoms with Crippen LogP contribution in [0.5, 0.6) is 5.75 Å². The molecule has 0 unspecified atom stereocenters. The van der Waals surface area contributed by atoms with Crippen LogP contribution in [-0.4, -0.2) is 5.97 Å². The summed E-state index contributed by atoms with van der Waals surface area (Å²) in [7, 11) is 0. The van der Waals surface area contributed by atoms with Gasteiger partial charge in [0.1, 0.15) is 11.6 Å². The van der Waals surface area contributed by atoms with Crippen LogP contribution >= 0.6 is 0 Å². The van der Waals surface area contributed by atoms with Crippen molar-refractivity contribution in [3.8, 4) is 5.75 Å². The van der Waals surface area contributed by atoms with Crippen molar-refractivity contribution in [2.45, 2.75) is 51.4 Å². The van der Waals surface area contributed by atoms with Crippen molar-refractivity contribution < 1.29 is 22.7 Å². The lowest BCUT2D eigenvalue weighted by atomic mass is 9.77. The number of hydrogen-bond acceptors (Lipinski definition) is 2. The van der Waals surface area contributed by atoms with Gasteiger partial charge in [0.15, 0.2) is 11.6 Å². The lowest BCUT2D eigenvalue weighted by Gasteiger charge is -2.28. The summed E-state index contributed by atoms with van der Waals surface area (Å²) in [5, 5.41) is 0.863. The Morgan fingerprint density at radius 3 is 2.26 bits per heavy atom. The number of esters is 1. The molecule has 3 aromatic rings. The molecule has 2 nitrogen and oxygen atoms in total. The van der Waals surface area contributed by atoms with Gasteiger partial charge in [0.05, 0.1) is 5.56 Å². The van der Waals surface area contributed by atoms with Gasteiger partial charge in [-0.1, -0.05) is 31.9 Å². The highest BCUT2D eigenvalue weighted by Gasteiger charge is 2.23. The first-order valence-electron chi connectivity index (χ1n) is 10.8. The van der Waals surface area contributed by atoms with Crippen molar-refractivity contribution in [2.24, 2.45) is 5.92 Å². The molecule has 0 heterocycles. The summed E-state index contributed by atoms with van der Waals surface area (Å²) in [5.74, 6) is -2.12. The minimum atomic E-state index is -0.985. The Morgan fingerprint density at radius 1 is 0.871 bits per heavy atom. The standard InChI is InChI=1S/C26H25F3O2/c1-2-3-16-4-6-17(7-5-16)18-9-11-22(23(27)13-18)26(30)31-21-10-8-19-14-24(28)25(29)15-20(19)12-21/h8-17H,2-7H2,1H3. The molecule has 5 heteroatoms. The predicted octanol–water partition coefficient (Wildman–Crippen LogP) is 7.55. The molecule has 0 atom stereocenters. The molecule has 3 aromatic carbocycles. The normalized spacial score (nSPS) is 18.8. The van der Waals surface area contributed by atoms with Gasteiger partial charge in [0.25, 0.3) is 0 Å². The second kappa shape index (κ2) is 9.13. The summed E-state index contributed by atoms with van der Waals surface area (Å²) in [6.45, 7) is 2.20. The van der Waals surface area contributed by atoms with Crippen molar-refractivity contribution in [3.05, 3.63) is 77.1 Å². The maximum Gasteiger partial charge on any atom is 0.346 e. The second-order valence-electron chi connectivity index (χ2n) is 8.41. The van der Waals surface area contributed by atoms with Crippen LogP contribution in [0.1, 0.15) is 67.3 Å². The smallest absolute Gasteiger partial charge is 0.346 e. The molecule has 1 saturated carbocycles. The van der Waals surface area contributed by atoms with E-state index in [4.69, 9.17) is 4.74 Å². The molecule has 0 bridgehead atoms. The van der Waals surface area contributed by atoms with Gasteiger partial charge in [-0.15, -0.1) is 0 Å². The van der Waals surface area contributed by atoms with E-state index in [0.29, 0.717) is 16.7 Å². The van der Waals surface area contributed by atoms with Crippen LogP contribution in [0, 0.1) is 23.4 Å². The molecule has 1 fully saturated rings. The Kier molecular flexibility index (Phi) is 6.30. The first kappa shape index (κ1) is 21.4. The molecule has 162 valence electrons. The zero-order valence-electron chi connectivity index (χ0n) is 17.5. The zero-order valence-corrected chi connectivity index (χ0v) is 17.5. The average Bonchev–Trinajstić information content (AvgIpc) is 2.75. The van der Waals surface area contributed by atoms with Crippen LogP contribution < -0.4 is 4.74 Å². The fourth-order valence-electron chi connectivity index (χ4n) is 4.59. The number of carbonyl (C=O) groups excluding carboxylic acids is 1. The van der Waals surface area contributed by atoms with Crippen molar-refractivity contribution in [2.75, 3.05) is 0 Å². The quantitative estimate of drug-likeness (QED) is 0.311. The lowest BCUT2D eigenvalue weighted by Crippen LogP contribution is -2.15. The van der Waals surface area contributed by atoms with Gasteiger partial charge in [0, 0.05) is 0 Å². The average molecular weight is 426 g/mol. The number of halogens is 3. The molecule has 0 amide bonds. The number of benzene rings is 3. The largest absolute Gasteiger partial charge is 0.423 e. The van der Waals surface area contributed by atoms with Crippen LogP contribution in [0.4, 0.5) is 13.2 Å². The first-order valence-corrected chi connectivity index (χ1v) is 10.8. The van der Waals surface area contributed by atoms with E-state index in [0.717, 1.165) is 49.3 Å². The highest BCUT2D eigenvalue weighted by Crippen LogP contribution is 2.38. The van der Waals surface area contributed by atoms with E-state index in [-0.39, 0.29) is 11.3 Å². The second-order valence-corrected chi connectivity index (χ2v) is 8.41. The Morgan fingerprint density at radius 2 is 1.58 bits per heavy atom. The minimum absolute atomic E-state index is 0.140. The van der Waals surface area contributed by atoms with Crippen LogP contribution in [0.15, 0.2) is 48.5 Å². The fraction of sp³-hybridized carbons (Fsp3) is 0.346. The van der Waals surface area contributed by atoms with Crippen molar-refractivity contribution in [3.63, 3.8) is 0 Å². The Hall–Kier alpha value is -2.82. The van der Waals surface area contributed by atoms with Gasteiger partial charge in [-0.25, -0.2) is 18.0 Å². The maximum atomic E-state index is 14.7. The van der Waals surface area contributed by atoms with E-state index in [1.807, 2.05) is 6.07 Å². The Bertz CT molecular complexity index is 1100. The molecule has 1 aliphatic carbocycles. The molecule has 31 heavy (non-hydrogen) atoms. The van der Waals surface area contributed by atoms with E-state index in [1.165, 1.54) is 43.2 Å². The van der Waals surface area contributed by atoms with E-state index in [9.17, 15) is 18.0 Å². The summed E-state index contributed by atoms with van der Waals surface area (Å²) >= 11 is 0. The SMILES string of the molecule is CCCC1CCC(c2ccc(C(=O)Oc3ccc4cc(F)c(F)cc4c3)c(F)c2)CC1. The van der Waals surface area contributed by atoms with Crippen molar-refractivity contribution >= 4 is 16.7 Å². The Labute approximate surface area is 180 Å². The van der Waals surface area contributed by atoms with Gasteiger partial charge >= 0.3 is 5.97 Å². The lowest BCUT2D eigenvalue weighted by molar-refractivity contribution is 0.0730. The molecular weight excluding hydrogens is 401 g/mol. The molecule has 0 spiro atoms. The maximum absolute atomic E-state index is 14.7. The third-order valence-corrected chi connectivity index (χ3v) is 6.29. The Balaban J connectivity index is 1.46. The van der Waals surface area contributed by atoms with E-state index < -0.39 is 23.4 Å². The summed E-state index contributed by atoms with van der Waals surface area (Å²) in [5.41, 5.74) is 0.779. The summed E-state index contributed by atoms with van der Waals surface area (Å²) in [4.78, 5) is 12.5. The third kappa shape index (κ3) is 4.76. The topological polar surface area (TPSA) is 26.3 Å². The third-order valence-electron chi connectivity index (χ3n) is 6.29. The molecule has 4 rings (SSSR count). The number of ether oxygens (including phenoxy) is 1. The van der Waals surface area contributed by atoms with Gasteiger partial charge in [-0.2, -0.15) is 0 Å². The predicted molar refractivity (Wildman–Crippen MR) is 115 cm³/mol. The van der Waals surface area contributed by atoms with Gasteiger partial charge in [0.2, 0.25) is 0 Å². The van der Waals surface area contributed by atoms with Crippen molar-refractivity contribution in [1.82, 2.24) is 0 Å². The van der Waals surface area contributed by atoms with E-state index >= 15 is 0 Å². The summed E-state index contributed by atoms with van der Waals surface area (Å²) in [6, 6.07) is 11.3. The van der Waals surface area contributed by atoms with Crippen molar-refractivity contribution in [1.29, 1.82) is 0 Å². The fourth-order valence-corrected chi connectivity index (χ4v) is 4.59. The summed E-state index contributed by atoms with van der Waals surface area (Å²) in [6.07, 6.45) is 6.86. The number of fused-ring (bicyclic) bond motifs is 1. The highest BCUT2D eigenvalue weighted by atomic mass is 19.2. The van der Waals surface area contributed by atoms with E-state index in [1.54, 1.807) is 0 Å². The molecular formula is C26H25F3O2. The van der Waals surface area contributed by atoms with Crippen LogP contribution in [0.2, 0.25) is 0 Å². The molecule has 0 saturated heterocycles. The van der Waals surface area contributed by atoms with Gasteiger partial charge in [-0.05, 0) is 90.3 Å². The summed E-state index contributed by atoms with van der Waals surface area (Å²) < 4.78 is 46.8. The zero-order chi connectivity index (χ0) is 22.0. The number of rotatable bonds is 5. The molecule has 1 aliphatic rings. The molecule has 0 aromatic heterocycles. The van der Waals surface area contributed by atoms with Crippen LogP contribution in [-0.2, 0) is 0 Å². The van der Waals surface area contributed by atoms with E-state index in [2.05, 4.69) is 6.92 Å². The number of hydrogen-bond donors (Lipinski definition) is 0. The number of carbonyl (C=O) groups is 1.